The van der Waals surface area contributed by atoms with Crippen molar-refractivity contribution in [3.63, 3.8) is 0 Å². The minimum absolute atomic E-state index is 0.0967. The van der Waals surface area contributed by atoms with E-state index in [1.165, 1.54) is 12.1 Å². The molecule has 2 unspecified atom stereocenters. The number of benzene rings is 2. The Kier molecular flexibility index (Phi) is 3.88. The van der Waals surface area contributed by atoms with Gasteiger partial charge in [0.15, 0.2) is 0 Å². The second kappa shape index (κ2) is 5.82. The van der Waals surface area contributed by atoms with Crippen LogP contribution in [-0.4, -0.2) is 6.61 Å². The van der Waals surface area contributed by atoms with E-state index in [1.54, 1.807) is 0 Å². The standard InChI is InChI=1S/C17H17F2NO/c1-11-10-21-16-5-3-2-4-14(16)17(11)20-9-12-6-7-13(18)8-15(12)19/h2-8,11,17,20H,9-10H2,1H3. The molecule has 3 rings (SSSR count). The van der Waals surface area contributed by atoms with E-state index in [9.17, 15) is 8.78 Å². The molecule has 1 N–H and O–H groups in total. The number of hydrogen-bond donors (Lipinski definition) is 1. The van der Waals surface area contributed by atoms with Gasteiger partial charge in [0.25, 0.3) is 0 Å². The highest BCUT2D eigenvalue weighted by Gasteiger charge is 2.27. The molecule has 21 heavy (non-hydrogen) atoms. The van der Waals surface area contributed by atoms with Gasteiger partial charge in [-0.3, -0.25) is 0 Å². The summed E-state index contributed by atoms with van der Waals surface area (Å²) >= 11 is 0. The topological polar surface area (TPSA) is 21.3 Å². The smallest absolute Gasteiger partial charge is 0.130 e. The number of para-hydroxylation sites is 1. The lowest BCUT2D eigenvalue weighted by Crippen LogP contribution is -2.33. The van der Waals surface area contributed by atoms with Crippen molar-refractivity contribution in [2.75, 3.05) is 6.61 Å². The van der Waals surface area contributed by atoms with Gasteiger partial charge in [-0.2, -0.15) is 0 Å². The molecule has 2 atom stereocenters. The molecule has 1 heterocycles. The maximum Gasteiger partial charge on any atom is 0.130 e. The third kappa shape index (κ3) is 2.90. The molecular weight excluding hydrogens is 272 g/mol. The van der Waals surface area contributed by atoms with Crippen LogP contribution in [0, 0.1) is 17.6 Å². The zero-order valence-electron chi connectivity index (χ0n) is 11.8. The van der Waals surface area contributed by atoms with Crippen LogP contribution in [-0.2, 0) is 6.54 Å². The van der Waals surface area contributed by atoms with Crippen LogP contribution < -0.4 is 10.1 Å². The molecule has 0 saturated carbocycles. The third-order valence-corrected chi connectivity index (χ3v) is 3.85. The summed E-state index contributed by atoms with van der Waals surface area (Å²) in [6.07, 6.45) is 0. The van der Waals surface area contributed by atoms with Crippen molar-refractivity contribution in [1.82, 2.24) is 5.32 Å². The van der Waals surface area contributed by atoms with Crippen LogP contribution in [0.2, 0.25) is 0 Å². The van der Waals surface area contributed by atoms with Gasteiger partial charge < -0.3 is 10.1 Å². The monoisotopic (exact) mass is 289 g/mol. The number of nitrogens with one attached hydrogen (secondary N) is 1. The van der Waals surface area contributed by atoms with E-state index in [4.69, 9.17) is 4.74 Å². The molecule has 1 aliphatic heterocycles. The highest BCUT2D eigenvalue weighted by atomic mass is 19.1. The Labute approximate surface area is 122 Å². The molecule has 4 heteroatoms. The summed E-state index contributed by atoms with van der Waals surface area (Å²) in [6, 6.07) is 11.6. The number of fused-ring (bicyclic) bond motifs is 1. The molecule has 0 amide bonds. The van der Waals surface area contributed by atoms with Crippen molar-refractivity contribution in [2.45, 2.75) is 19.5 Å². The van der Waals surface area contributed by atoms with Crippen LogP contribution in [0.4, 0.5) is 8.78 Å². The Balaban J connectivity index is 1.78. The molecule has 2 nitrogen and oxygen atoms in total. The zero-order chi connectivity index (χ0) is 14.8. The molecule has 0 bridgehead atoms. The largest absolute Gasteiger partial charge is 0.493 e. The lowest BCUT2D eigenvalue weighted by molar-refractivity contribution is 0.187. The van der Waals surface area contributed by atoms with E-state index in [2.05, 4.69) is 12.2 Å². The maximum absolute atomic E-state index is 13.7. The van der Waals surface area contributed by atoms with Crippen molar-refractivity contribution in [3.8, 4) is 5.75 Å². The van der Waals surface area contributed by atoms with E-state index in [-0.39, 0.29) is 12.0 Å². The minimum Gasteiger partial charge on any atom is -0.493 e. The lowest BCUT2D eigenvalue weighted by Gasteiger charge is -2.32. The predicted molar refractivity (Wildman–Crippen MR) is 77.0 cm³/mol. The summed E-state index contributed by atoms with van der Waals surface area (Å²) < 4.78 is 32.3. The molecule has 110 valence electrons. The molecular formula is C17H17F2NO. The van der Waals surface area contributed by atoms with Gasteiger partial charge >= 0.3 is 0 Å². The second-order valence-corrected chi connectivity index (χ2v) is 5.42. The summed E-state index contributed by atoms with van der Waals surface area (Å²) in [7, 11) is 0. The molecule has 0 aliphatic carbocycles. The van der Waals surface area contributed by atoms with E-state index < -0.39 is 11.6 Å². The average molecular weight is 289 g/mol. The first-order chi connectivity index (χ1) is 10.1. The summed E-state index contributed by atoms with van der Waals surface area (Å²) in [5.74, 6) is 0.0765. The molecule has 0 spiro atoms. The van der Waals surface area contributed by atoms with Crippen LogP contribution in [0.15, 0.2) is 42.5 Å². The second-order valence-electron chi connectivity index (χ2n) is 5.42. The maximum atomic E-state index is 13.7. The van der Waals surface area contributed by atoms with Crippen molar-refractivity contribution in [2.24, 2.45) is 5.92 Å². The first-order valence-electron chi connectivity index (χ1n) is 7.04. The summed E-state index contributed by atoms with van der Waals surface area (Å²) in [6.45, 7) is 3.07. The van der Waals surface area contributed by atoms with Gasteiger partial charge in [-0.1, -0.05) is 31.2 Å². The zero-order valence-corrected chi connectivity index (χ0v) is 11.8. The quantitative estimate of drug-likeness (QED) is 0.927. The van der Waals surface area contributed by atoms with Crippen LogP contribution in [0.25, 0.3) is 0 Å². The number of ether oxygens (including phenoxy) is 1. The normalized spacial score (nSPS) is 20.7. The minimum atomic E-state index is -0.555. The van der Waals surface area contributed by atoms with Gasteiger partial charge in [0.2, 0.25) is 0 Å². The highest BCUT2D eigenvalue weighted by Crippen LogP contribution is 2.35. The van der Waals surface area contributed by atoms with Gasteiger partial charge in [-0.25, -0.2) is 8.78 Å². The Morgan fingerprint density at radius 1 is 1.19 bits per heavy atom. The van der Waals surface area contributed by atoms with Crippen molar-refractivity contribution in [1.29, 1.82) is 0 Å². The fourth-order valence-corrected chi connectivity index (χ4v) is 2.69. The number of rotatable bonds is 3. The first kappa shape index (κ1) is 14.0. The van der Waals surface area contributed by atoms with Gasteiger partial charge in [-0.05, 0) is 12.1 Å². The van der Waals surface area contributed by atoms with Crippen LogP contribution in [0.3, 0.4) is 0 Å². The van der Waals surface area contributed by atoms with Crippen LogP contribution >= 0.6 is 0 Å². The summed E-state index contributed by atoms with van der Waals surface area (Å²) in [4.78, 5) is 0. The number of hydrogen-bond acceptors (Lipinski definition) is 2. The summed E-state index contributed by atoms with van der Waals surface area (Å²) in [5.41, 5.74) is 1.55. The Bertz CT molecular complexity index is 644. The molecule has 2 aromatic rings. The van der Waals surface area contributed by atoms with Crippen molar-refractivity contribution < 1.29 is 13.5 Å². The van der Waals surface area contributed by atoms with Gasteiger partial charge in [-0.15, -0.1) is 0 Å². The predicted octanol–water partition coefficient (Wildman–Crippen LogP) is 3.82. The highest BCUT2D eigenvalue weighted by molar-refractivity contribution is 5.38. The van der Waals surface area contributed by atoms with Gasteiger partial charge in [0.05, 0.1) is 6.61 Å². The van der Waals surface area contributed by atoms with E-state index in [1.807, 2.05) is 24.3 Å². The molecule has 2 aromatic carbocycles. The fourth-order valence-electron chi connectivity index (χ4n) is 2.69. The lowest BCUT2D eigenvalue weighted by atomic mass is 9.92. The van der Waals surface area contributed by atoms with Gasteiger partial charge in [0, 0.05) is 35.7 Å². The number of halogens is 2. The molecule has 0 aromatic heterocycles. The first-order valence-corrected chi connectivity index (χ1v) is 7.04. The average Bonchev–Trinajstić information content (AvgIpc) is 2.48. The van der Waals surface area contributed by atoms with E-state index in [0.717, 1.165) is 17.4 Å². The fraction of sp³-hybridized carbons (Fsp3) is 0.294. The van der Waals surface area contributed by atoms with E-state index >= 15 is 0 Å². The van der Waals surface area contributed by atoms with Crippen molar-refractivity contribution in [3.05, 3.63) is 65.2 Å². The van der Waals surface area contributed by atoms with Crippen LogP contribution in [0.1, 0.15) is 24.1 Å². The van der Waals surface area contributed by atoms with E-state index in [0.29, 0.717) is 18.7 Å². The van der Waals surface area contributed by atoms with Gasteiger partial charge in [0.1, 0.15) is 17.4 Å². The Morgan fingerprint density at radius 3 is 2.81 bits per heavy atom. The molecule has 0 saturated heterocycles. The summed E-state index contributed by atoms with van der Waals surface area (Å²) in [5, 5.41) is 3.36. The Morgan fingerprint density at radius 2 is 2.00 bits per heavy atom. The molecule has 0 fully saturated rings. The van der Waals surface area contributed by atoms with Crippen LogP contribution in [0.5, 0.6) is 5.75 Å². The third-order valence-electron chi connectivity index (χ3n) is 3.85. The Hall–Kier alpha value is -1.94. The SMILES string of the molecule is CC1COc2ccccc2C1NCc1ccc(F)cc1F. The molecule has 1 aliphatic rings. The van der Waals surface area contributed by atoms with Crippen molar-refractivity contribution >= 4 is 0 Å². The molecule has 0 radical (unpaired) electrons.